The van der Waals surface area contributed by atoms with E-state index in [-0.39, 0.29) is 5.82 Å². The largest absolute Gasteiger partial charge is 0.325 e. The highest BCUT2D eigenvalue weighted by Crippen LogP contribution is 2.25. The number of benzene rings is 1. The average Bonchev–Trinajstić information content (AvgIpc) is 2.89. The molecule has 2 aromatic heterocycles. The third-order valence-corrected chi connectivity index (χ3v) is 3.65. The summed E-state index contributed by atoms with van der Waals surface area (Å²) in [5.41, 5.74) is 2.61. The van der Waals surface area contributed by atoms with Crippen molar-refractivity contribution < 1.29 is 4.39 Å². The maximum Gasteiger partial charge on any atom is 0.154 e. The van der Waals surface area contributed by atoms with Gasteiger partial charge in [0.1, 0.15) is 5.82 Å². The molecule has 0 bridgehead atoms. The molecule has 0 spiro atoms. The highest BCUT2D eigenvalue weighted by molar-refractivity contribution is 5.60. The summed E-state index contributed by atoms with van der Waals surface area (Å²) >= 11 is 0. The third kappa shape index (κ3) is 2.79. The van der Waals surface area contributed by atoms with Crippen LogP contribution in [0.5, 0.6) is 0 Å². The van der Waals surface area contributed by atoms with Crippen LogP contribution in [0, 0.1) is 12.7 Å². The number of halogens is 1. The van der Waals surface area contributed by atoms with Crippen molar-refractivity contribution in [3.05, 3.63) is 54.1 Å². The van der Waals surface area contributed by atoms with Crippen LogP contribution in [0.4, 0.5) is 15.9 Å². The molecule has 2 heterocycles. The fraction of sp³-hybridized carbons (Fsp3) is 0.294. The van der Waals surface area contributed by atoms with Crippen LogP contribution in [-0.4, -0.2) is 21.1 Å². The highest BCUT2D eigenvalue weighted by atomic mass is 19.1. The van der Waals surface area contributed by atoms with E-state index in [9.17, 15) is 4.39 Å². The zero-order valence-electron chi connectivity index (χ0n) is 12.8. The van der Waals surface area contributed by atoms with Crippen molar-refractivity contribution in [1.82, 2.24) is 14.6 Å². The monoisotopic (exact) mass is 298 g/mol. The van der Waals surface area contributed by atoms with Gasteiger partial charge in [-0.05, 0) is 43.7 Å². The number of aromatic nitrogens is 3. The van der Waals surface area contributed by atoms with Gasteiger partial charge in [0, 0.05) is 12.2 Å². The zero-order valence-corrected chi connectivity index (χ0v) is 12.8. The molecule has 0 fully saturated rings. The van der Waals surface area contributed by atoms with Crippen LogP contribution in [0.2, 0.25) is 0 Å². The lowest BCUT2D eigenvalue weighted by atomic mass is 10.2. The summed E-state index contributed by atoms with van der Waals surface area (Å²) in [5.74, 6) is 0.562. The Kier molecular flexibility index (Phi) is 4.04. The van der Waals surface area contributed by atoms with E-state index in [1.54, 1.807) is 18.3 Å². The van der Waals surface area contributed by atoms with E-state index in [2.05, 4.69) is 17.0 Å². The Morgan fingerprint density at radius 3 is 2.86 bits per heavy atom. The molecule has 0 radical (unpaired) electrons. The van der Waals surface area contributed by atoms with Crippen molar-refractivity contribution in [2.75, 3.05) is 11.4 Å². The molecule has 0 atom stereocenters. The smallest absolute Gasteiger partial charge is 0.154 e. The first-order chi connectivity index (χ1) is 10.7. The molecular weight excluding hydrogens is 279 g/mol. The second-order valence-corrected chi connectivity index (χ2v) is 5.35. The lowest BCUT2D eigenvalue weighted by Gasteiger charge is -2.23. The van der Waals surface area contributed by atoms with Gasteiger partial charge < -0.3 is 4.90 Å². The van der Waals surface area contributed by atoms with Crippen LogP contribution in [0.1, 0.15) is 25.5 Å². The van der Waals surface area contributed by atoms with Gasteiger partial charge in [0.25, 0.3) is 0 Å². The second kappa shape index (κ2) is 6.13. The van der Waals surface area contributed by atoms with Crippen molar-refractivity contribution in [2.45, 2.75) is 26.7 Å². The van der Waals surface area contributed by atoms with E-state index < -0.39 is 0 Å². The van der Waals surface area contributed by atoms with E-state index in [0.29, 0.717) is 0 Å². The number of nitrogens with zero attached hydrogens (tertiary/aromatic N) is 4. The Balaban J connectivity index is 2.04. The predicted octanol–water partition coefficient (Wildman–Crippen LogP) is 4.12. The molecule has 0 aliphatic carbocycles. The number of fused-ring (bicyclic) bond motifs is 1. The Bertz CT molecular complexity index is 781. The van der Waals surface area contributed by atoms with E-state index in [4.69, 9.17) is 0 Å². The van der Waals surface area contributed by atoms with Gasteiger partial charge >= 0.3 is 0 Å². The number of rotatable bonds is 5. The van der Waals surface area contributed by atoms with Crippen molar-refractivity contribution in [3.63, 3.8) is 0 Å². The quantitative estimate of drug-likeness (QED) is 0.710. The molecule has 0 saturated heterocycles. The van der Waals surface area contributed by atoms with Crippen LogP contribution in [0.25, 0.3) is 5.65 Å². The first kappa shape index (κ1) is 14.5. The van der Waals surface area contributed by atoms with Crippen LogP contribution in [0.3, 0.4) is 0 Å². The zero-order chi connectivity index (χ0) is 15.5. The molecular formula is C17H19FN4. The van der Waals surface area contributed by atoms with Crippen LogP contribution < -0.4 is 4.90 Å². The van der Waals surface area contributed by atoms with Crippen molar-refractivity contribution in [2.24, 2.45) is 0 Å². The summed E-state index contributed by atoms with van der Waals surface area (Å²) in [4.78, 5) is 6.34. The maximum atomic E-state index is 13.6. The number of aryl methyl sites for hydroxylation is 1. The second-order valence-electron chi connectivity index (χ2n) is 5.35. The maximum absolute atomic E-state index is 13.6. The summed E-state index contributed by atoms with van der Waals surface area (Å²) in [6.07, 6.45) is 3.88. The lowest BCUT2D eigenvalue weighted by molar-refractivity contribution is 0.627. The number of anilines is 2. The lowest BCUT2D eigenvalue weighted by Crippen LogP contribution is -2.20. The summed E-state index contributed by atoms with van der Waals surface area (Å²) in [5, 5.41) is 4.65. The van der Waals surface area contributed by atoms with Crippen LogP contribution in [-0.2, 0) is 0 Å². The fourth-order valence-electron chi connectivity index (χ4n) is 2.46. The van der Waals surface area contributed by atoms with Gasteiger partial charge in [-0.25, -0.2) is 13.9 Å². The first-order valence-electron chi connectivity index (χ1n) is 7.53. The van der Waals surface area contributed by atoms with E-state index >= 15 is 0 Å². The van der Waals surface area contributed by atoms with Gasteiger partial charge in [-0.1, -0.05) is 19.4 Å². The standard InChI is InChI=1S/C17H19FN4/c1-3-4-10-21(15-7-5-6-14(18)11-15)17-9-8-16-19-12-13(2)22(16)20-17/h5-9,11-12H,3-4,10H2,1-2H3. The minimum Gasteiger partial charge on any atom is -0.325 e. The molecule has 3 aromatic rings. The van der Waals surface area contributed by atoms with Gasteiger partial charge in [-0.3, -0.25) is 0 Å². The Morgan fingerprint density at radius 1 is 1.23 bits per heavy atom. The van der Waals surface area contributed by atoms with Gasteiger partial charge in [-0.15, -0.1) is 5.10 Å². The predicted molar refractivity (Wildman–Crippen MR) is 86.0 cm³/mol. The first-order valence-corrected chi connectivity index (χ1v) is 7.53. The van der Waals surface area contributed by atoms with Crippen molar-refractivity contribution in [1.29, 1.82) is 0 Å². The molecule has 0 aliphatic heterocycles. The van der Waals surface area contributed by atoms with Gasteiger partial charge in [0.15, 0.2) is 11.5 Å². The number of unbranched alkanes of at least 4 members (excludes halogenated alkanes) is 1. The van der Waals surface area contributed by atoms with E-state index in [1.807, 2.05) is 34.5 Å². The van der Waals surface area contributed by atoms with Crippen molar-refractivity contribution >= 4 is 17.2 Å². The molecule has 0 N–H and O–H groups in total. The van der Waals surface area contributed by atoms with Gasteiger partial charge in [-0.2, -0.15) is 0 Å². The average molecular weight is 298 g/mol. The molecule has 5 heteroatoms. The molecule has 1 aromatic carbocycles. The SMILES string of the molecule is CCCCN(c1cccc(F)c1)c1ccc2ncc(C)n2n1. The normalized spacial score (nSPS) is 11.0. The fourth-order valence-corrected chi connectivity index (χ4v) is 2.46. The van der Waals surface area contributed by atoms with Gasteiger partial charge in [0.05, 0.1) is 11.9 Å². The Labute approximate surface area is 129 Å². The van der Waals surface area contributed by atoms with Crippen LogP contribution in [0.15, 0.2) is 42.6 Å². The third-order valence-electron chi connectivity index (χ3n) is 3.65. The Morgan fingerprint density at radius 2 is 2.09 bits per heavy atom. The Hall–Kier alpha value is -2.43. The van der Waals surface area contributed by atoms with E-state index in [0.717, 1.165) is 42.2 Å². The molecule has 0 unspecified atom stereocenters. The summed E-state index contributed by atoms with van der Waals surface area (Å²) in [6, 6.07) is 10.5. The van der Waals surface area contributed by atoms with E-state index in [1.165, 1.54) is 6.07 Å². The number of hydrogen-bond acceptors (Lipinski definition) is 3. The summed E-state index contributed by atoms with van der Waals surface area (Å²) in [6.45, 7) is 4.90. The minimum absolute atomic E-state index is 0.237. The molecule has 3 rings (SSSR count). The summed E-state index contributed by atoms with van der Waals surface area (Å²) < 4.78 is 15.4. The highest BCUT2D eigenvalue weighted by Gasteiger charge is 2.12. The molecule has 4 nitrogen and oxygen atoms in total. The summed E-state index contributed by atoms with van der Waals surface area (Å²) in [7, 11) is 0. The minimum atomic E-state index is -0.237. The van der Waals surface area contributed by atoms with Crippen molar-refractivity contribution in [3.8, 4) is 0 Å². The molecule has 0 saturated carbocycles. The topological polar surface area (TPSA) is 33.4 Å². The molecule has 22 heavy (non-hydrogen) atoms. The van der Waals surface area contributed by atoms with Crippen LogP contribution >= 0.6 is 0 Å². The molecule has 0 amide bonds. The molecule has 114 valence electrons. The number of hydrogen-bond donors (Lipinski definition) is 0. The van der Waals surface area contributed by atoms with Gasteiger partial charge in [0.2, 0.25) is 0 Å². The number of imidazole rings is 1. The molecule has 0 aliphatic rings.